The summed E-state index contributed by atoms with van der Waals surface area (Å²) in [7, 11) is 0. The molecule has 0 unspecified atom stereocenters. The van der Waals surface area contributed by atoms with Gasteiger partial charge in [-0.2, -0.15) is 4.98 Å². The maximum Gasteiger partial charge on any atom is 0.230 e. The van der Waals surface area contributed by atoms with Gasteiger partial charge in [-0.3, -0.25) is 9.78 Å². The third kappa shape index (κ3) is 3.50. The van der Waals surface area contributed by atoms with E-state index in [0.717, 1.165) is 19.3 Å². The first-order valence-corrected chi connectivity index (χ1v) is 7.77. The van der Waals surface area contributed by atoms with Gasteiger partial charge in [-0.1, -0.05) is 24.6 Å². The van der Waals surface area contributed by atoms with Gasteiger partial charge >= 0.3 is 0 Å². The minimum atomic E-state index is -0.0552. The number of amides is 1. The van der Waals surface area contributed by atoms with E-state index in [2.05, 4.69) is 33.4 Å². The Balaban J connectivity index is 1.53. The van der Waals surface area contributed by atoms with Crippen molar-refractivity contribution in [1.82, 2.24) is 20.4 Å². The number of carbonyl (C=O) groups excluding carboxylic acids is 1. The van der Waals surface area contributed by atoms with E-state index < -0.39 is 0 Å². The number of carbonyl (C=O) groups is 1. The zero-order valence-corrected chi connectivity index (χ0v) is 12.7. The van der Waals surface area contributed by atoms with Gasteiger partial charge in [0.2, 0.25) is 11.8 Å². The van der Waals surface area contributed by atoms with Gasteiger partial charge in [0.05, 0.1) is 6.42 Å². The van der Waals surface area contributed by atoms with Crippen LogP contribution >= 0.6 is 0 Å². The SMILES string of the molecule is CCCCNC(=O)Cc1noc([C@H]2C[C@@H]2c2cccnc2)n1. The first-order chi connectivity index (χ1) is 10.8. The summed E-state index contributed by atoms with van der Waals surface area (Å²) in [4.78, 5) is 20.2. The van der Waals surface area contributed by atoms with Crippen LogP contribution in [0.1, 0.15) is 55.3 Å². The molecule has 0 aliphatic heterocycles. The molecule has 1 saturated carbocycles. The highest BCUT2D eigenvalue weighted by Crippen LogP contribution is 2.53. The molecule has 1 fully saturated rings. The number of unbranched alkanes of at least 4 members (excludes halogenated alkanes) is 1. The van der Waals surface area contributed by atoms with Crippen LogP contribution in [0.2, 0.25) is 0 Å². The molecular weight excluding hydrogens is 280 g/mol. The van der Waals surface area contributed by atoms with E-state index in [1.54, 1.807) is 6.20 Å². The zero-order chi connectivity index (χ0) is 15.4. The molecule has 116 valence electrons. The maximum absolute atomic E-state index is 11.7. The Hall–Kier alpha value is -2.24. The van der Waals surface area contributed by atoms with E-state index in [0.29, 0.717) is 24.2 Å². The van der Waals surface area contributed by atoms with E-state index in [9.17, 15) is 4.79 Å². The Morgan fingerprint density at radius 1 is 1.45 bits per heavy atom. The average Bonchev–Trinajstić information content (AvgIpc) is 3.21. The first-order valence-electron chi connectivity index (χ1n) is 7.77. The minimum absolute atomic E-state index is 0.0552. The molecular formula is C16H20N4O2. The average molecular weight is 300 g/mol. The molecule has 3 rings (SSSR count). The molecule has 22 heavy (non-hydrogen) atoms. The van der Waals surface area contributed by atoms with E-state index in [1.807, 2.05) is 12.3 Å². The van der Waals surface area contributed by atoms with Crippen LogP contribution in [0.15, 0.2) is 29.0 Å². The first kappa shape index (κ1) is 14.7. The van der Waals surface area contributed by atoms with Gasteiger partial charge in [-0.25, -0.2) is 0 Å². The smallest absolute Gasteiger partial charge is 0.230 e. The van der Waals surface area contributed by atoms with Crippen LogP contribution in [0.25, 0.3) is 0 Å². The van der Waals surface area contributed by atoms with Crippen molar-refractivity contribution in [3.63, 3.8) is 0 Å². The summed E-state index contributed by atoms with van der Waals surface area (Å²) in [5, 5.41) is 6.76. The summed E-state index contributed by atoms with van der Waals surface area (Å²) >= 11 is 0. The predicted octanol–water partition coefficient (Wildman–Crippen LogP) is 2.19. The second-order valence-corrected chi connectivity index (χ2v) is 5.66. The predicted molar refractivity (Wildman–Crippen MR) is 80.3 cm³/mol. The van der Waals surface area contributed by atoms with Crippen molar-refractivity contribution >= 4 is 5.91 Å². The van der Waals surface area contributed by atoms with Crippen molar-refractivity contribution in [3.05, 3.63) is 41.8 Å². The van der Waals surface area contributed by atoms with E-state index in [-0.39, 0.29) is 18.2 Å². The molecule has 6 heteroatoms. The van der Waals surface area contributed by atoms with Gasteiger partial charge in [0.1, 0.15) is 0 Å². The number of nitrogens with zero attached hydrogens (tertiary/aromatic N) is 3. The molecule has 1 amide bonds. The molecule has 0 bridgehead atoms. The van der Waals surface area contributed by atoms with Gasteiger partial charge < -0.3 is 9.84 Å². The molecule has 2 aromatic heterocycles. The molecule has 0 aromatic carbocycles. The highest BCUT2D eigenvalue weighted by atomic mass is 16.5. The molecule has 2 aromatic rings. The molecule has 0 spiro atoms. The lowest BCUT2D eigenvalue weighted by molar-refractivity contribution is -0.120. The van der Waals surface area contributed by atoms with Crippen molar-refractivity contribution in [2.24, 2.45) is 0 Å². The molecule has 1 aliphatic carbocycles. The molecule has 2 atom stereocenters. The Morgan fingerprint density at radius 3 is 3.14 bits per heavy atom. The highest BCUT2D eigenvalue weighted by Gasteiger charge is 2.43. The fraction of sp³-hybridized carbons (Fsp3) is 0.500. The van der Waals surface area contributed by atoms with Gasteiger partial charge in [0.15, 0.2) is 5.82 Å². The maximum atomic E-state index is 11.7. The number of hydrogen-bond acceptors (Lipinski definition) is 5. The third-order valence-electron chi connectivity index (χ3n) is 3.88. The van der Waals surface area contributed by atoms with Crippen LogP contribution in [-0.4, -0.2) is 27.6 Å². The minimum Gasteiger partial charge on any atom is -0.356 e. The summed E-state index contributed by atoms with van der Waals surface area (Å²) in [5.74, 6) is 1.69. The number of rotatable bonds is 7. The lowest BCUT2D eigenvalue weighted by Gasteiger charge is -2.00. The normalized spacial score (nSPS) is 19.9. The standard InChI is InChI=1S/C16H20N4O2/c1-2-3-7-18-15(21)9-14-19-16(22-20-14)13-8-12(13)11-5-4-6-17-10-11/h4-6,10,12-13H,2-3,7-9H2,1H3,(H,18,21)/t12-,13+/m1/s1. The summed E-state index contributed by atoms with van der Waals surface area (Å²) in [6, 6.07) is 4.00. The monoisotopic (exact) mass is 300 g/mol. The molecule has 1 N–H and O–H groups in total. The summed E-state index contributed by atoms with van der Waals surface area (Å²) in [6.45, 7) is 2.79. The van der Waals surface area contributed by atoms with Crippen LogP contribution in [-0.2, 0) is 11.2 Å². The number of pyridine rings is 1. The Kier molecular flexibility index (Phi) is 4.46. The van der Waals surface area contributed by atoms with Crippen LogP contribution in [0.5, 0.6) is 0 Å². The van der Waals surface area contributed by atoms with Gasteiger partial charge in [-0.15, -0.1) is 0 Å². The van der Waals surface area contributed by atoms with Gasteiger partial charge in [0, 0.05) is 24.9 Å². The molecule has 1 aliphatic rings. The molecule has 6 nitrogen and oxygen atoms in total. The van der Waals surface area contributed by atoms with Crippen molar-refractivity contribution in [3.8, 4) is 0 Å². The second-order valence-electron chi connectivity index (χ2n) is 5.66. The fourth-order valence-electron chi connectivity index (χ4n) is 2.53. The molecule has 2 heterocycles. The summed E-state index contributed by atoms with van der Waals surface area (Å²) < 4.78 is 5.31. The quantitative estimate of drug-likeness (QED) is 0.793. The van der Waals surface area contributed by atoms with Crippen LogP contribution in [0, 0.1) is 0 Å². The van der Waals surface area contributed by atoms with E-state index >= 15 is 0 Å². The van der Waals surface area contributed by atoms with E-state index in [1.165, 1.54) is 5.56 Å². The molecule has 0 saturated heterocycles. The van der Waals surface area contributed by atoms with Crippen LogP contribution in [0.3, 0.4) is 0 Å². The molecule has 0 radical (unpaired) electrons. The summed E-state index contributed by atoms with van der Waals surface area (Å²) in [5.41, 5.74) is 1.20. The summed E-state index contributed by atoms with van der Waals surface area (Å²) in [6.07, 6.45) is 6.86. The second kappa shape index (κ2) is 6.68. The van der Waals surface area contributed by atoms with Gasteiger partial charge in [-0.05, 0) is 30.4 Å². The Labute approximate surface area is 129 Å². The highest BCUT2D eigenvalue weighted by molar-refractivity contribution is 5.77. The number of aromatic nitrogens is 3. The Morgan fingerprint density at radius 2 is 2.36 bits per heavy atom. The van der Waals surface area contributed by atoms with Crippen molar-refractivity contribution in [2.45, 2.75) is 44.4 Å². The topological polar surface area (TPSA) is 80.9 Å². The largest absolute Gasteiger partial charge is 0.356 e. The lowest BCUT2D eigenvalue weighted by Crippen LogP contribution is -2.26. The fourth-order valence-corrected chi connectivity index (χ4v) is 2.53. The number of nitrogens with one attached hydrogen (secondary N) is 1. The van der Waals surface area contributed by atoms with Crippen molar-refractivity contribution in [1.29, 1.82) is 0 Å². The zero-order valence-electron chi connectivity index (χ0n) is 12.7. The van der Waals surface area contributed by atoms with E-state index in [4.69, 9.17) is 4.52 Å². The lowest BCUT2D eigenvalue weighted by atomic mass is 10.1. The van der Waals surface area contributed by atoms with Crippen LogP contribution < -0.4 is 5.32 Å². The Bertz CT molecular complexity index is 626. The third-order valence-corrected chi connectivity index (χ3v) is 3.88. The van der Waals surface area contributed by atoms with Crippen LogP contribution in [0.4, 0.5) is 0 Å². The van der Waals surface area contributed by atoms with Crippen molar-refractivity contribution in [2.75, 3.05) is 6.54 Å². The van der Waals surface area contributed by atoms with Crippen molar-refractivity contribution < 1.29 is 9.32 Å². The number of hydrogen-bond donors (Lipinski definition) is 1. The van der Waals surface area contributed by atoms with Gasteiger partial charge in [0.25, 0.3) is 0 Å².